The summed E-state index contributed by atoms with van der Waals surface area (Å²) in [7, 11) is 1.71. The van der Waals surface area contributed by atoms with Crippen molar-refractivity contribution in [3.05, 3.63) is 49.6 Å². The lowest BCUT2D eigenvalue weighted by Crippen LogP contribution is -2.60. The fourth-order valence-electron chi connectivity index (χ4n) is 8.06. The second kappa shape index (κ2) is 13.1. The third-order valence-corrected chi connectivity index (χ3v) is 10.7. The molecule has 3 amide bonds. The fraction of sp³-hybridized carbons (Fsp3) is 0.629. The summed E-state index contributed by atoms with van der Waals surface area (Å²) in [6.07, 6.45) is 4.50. The van der Waals surface area contributed by atoms with Crippen molar-refractivity contribution in [2.24, 2.45) is 23.7 Å². The standard InChI is InChI=1S/C35H52N4O5/c1-10-19-36(9)31(41)28-29-32(42)39(27(22-40)23(6)12-3)30(35(29)21-24(7)34(28,8)44-35)33(43)38(20-11-2)26-17-15-25(16-18-26)37(13-4)14-5/h10-11,15-18,23-24,27-30,40H,1-2,12-14,19-22H2,3-9H3/t23-,24?,27-,28-,29-,30?,34+,35?/m0/s1. The highest BCUT2D eigenvalue weighted by Crippen LogP contribution is 2.66. The molecule has 3 heterocycles. The smallest absolute Gasteiger partial charge is 0.253 e. The minimum absolute atomic E-state index is 0.0785. The number of rotatable bonds is 14. The van der Waals surface area contributed by atoms with Gasteiger partial charge in [0, 0.05) is 44.6 Å². The Labute approximate surface area is 263 Å². The van der Waals surface area contributed by atoms with E-state index < -0.39 is 35.1 Å². The number of hydrogen-bond donors (Lipinski definition) is 1. The first-order valence-electron chi connectivity index (χ1n) is 16.2. The lowest BCUT2D eigenvalue weighted by Gasteiger charge is -2.41. The summed E-state index contributed by atoms with van der Waals surface area (Å²) in [4.78, 5) is 50.8. The maximum Gasteiger partial charge on any atom is 0.253 e. The van der Waals surface area contributed by atoms with Gasteiger partial charge in [0.15, 0.2) is 0 Å². The van der Waals surface area contributed by atoms with Crippen molar-refractivity contribution >= 4 is 29.1 Å². The van der Waals surface area contributed by atoms with Crippen LogP contribution in [-0.2, 0) is 19.1 Å². The number of amides is 3. The zero-order valence-corrected chi connectivity index (χ0v) is 27.7. The third kappa shape index (κ3) is 5.15. The number of nitrogens with zero attached hydrogens (tertiary/aromatic N) is 4. The van der Waals surface area contributed by atoms with Gasteiger partial charge in [-0.15, -0.1) is 13.2 Å². The normalized spacial score (nSPS) is 30.1. The van der Waals surface area contributed by atoms with Gasteiger partial charge in [-0.25, -0.2) is 0 Å². The molecule has 1 N–H and O–H groups in total. The predicted molar refractivity (Wildman–Crippen MR) is 174 cm³/mol. The minimum atomic E-state index is -1.21. The predicted octanol–water partition coefficient (Wildman–Crippen LogP) is 4.11. The molecule has 0 aliphatic carbocycles. The molecule has 9 heteroatoms. The number of carbonyl (C=O) groups excluding carboxylic acids is 3. The first-order valence-corrected chi connectivity index (χ1v) is 16.2. The van der Waals surface area contributed by atoms with Crippen molar-refractivity contribution in [2.75, 3.05) is 49.6 Å². The van der Waals surface area contributed by atoms with Gasteiger partial charge in [-0.05, 0) is 63.3 Å². The number of likely N-dealkylation sites (N-methyl/N-ethyl adjacent to an activating group) is 1. The number of carbonyl (C=O) groups is 3. The van der Waals surface area contributed by atoms with Crippen molar-refractivity contribution in [2.45, 2.75) is 77.7 Å². The van der Waals surface area contributed by atoms with Crippen molar-refractivity contribution < 1.29 is 24.2 Å². The molecule has 1 aromatic carbocycles. The zero-order chi connectivity index (χ0) is 32.6. The Balaban J connectivity index is 1.87. The molecule has 3 fully saturated rings. The van der Waals surface area contributed by atoms with Crippen molar-refractivity contribution in [3.63, 3.8) is 0 Å². The van der Waals surface area contributed by atoms with E-state index in [1.54, 1.807) is 33.9 Å². The monoisotopic (exact) mass is 608 g/mol. The van der Waals surface area contributed by atoms with Crippen LogP contribution >= 0.6 is 0 Å². The van der Waals surface area contributed by atoms with E-state index in [9.17, 15) is 14.7 Å². The Morgan fingerprint density at radius 3 is 2.20 bits per heavy atom. The van der Waals surface area contributed by atoms with Crippen LogP contribution in [0.25, 0.3) is 0 Å². The lowest BCUT2D eigenvalue weighted by atomic mass is 9.62. The van der Waals surface area contributed by atoms with E-state index in [2.05, 4.69) is 31.9 Å². The van der Waals surface area contributed by atoms with Gasteiger partial charge in [-0.2, -0.15) is 0 Å². The summed E-state index contributed by atoms with van der Waals surface area (Å²) in [5.41, 5.74) is -0.383. The van der Waals surface area contributed by atoms with E-state index in [-0.39, 0.29) is 42.7 Å². The SMILES string of the molecule is C=CCN(C)C(=O)[C@@H]1[C@H]2C(=O)N([C@@H](CO)[C@@H](C)CC)C(C(=O)N(CC=C)c3ccc(N(CC)CC)cc3)C23CC(C)[C@@]1(C)O3. The Kier molecular flexibility index (Phi) is 10.0. The van der Waals surface area contributed by atoms with Crippen LogP contribution in [0.5, 0.6) is 0 Å². The second-order valence-corrected chi connectivity index (χ2v) is 13.0. The van der Waals surface area contributed by atoms with Crippen molar-refractivity contribution in [1.29, 1.82) is 0 Å². The molecule has 3 saturated heterocycles. The summed E-state index contributed by atoms with van der Waals surface area (Å²) in [5.74, 6) is -2.54. The first kappa shape index (κ1) is 33.7. The number of ether oxygens (including phenoxy) is 1. The van der Waals surface area contributed by atoms with Gasteiger partial charge in [-0.1, -0.05) is 39.3 Å². The molecule has 2 bridgehead atoms. The molecule has 0 radical (unpaired) electrons. The minimum Gasteiger partial charge on any atom is -0.394 e. The summed E-state index contributed by atoms with van der Waals surface area (Å²) < 4.78 is 6.93. The first-order chi connectivity index (χ1) is 20.9. The van der Waals surface area contributed by atoms with Gasteiger partial charge in [0.25, 0.3) is 5.91 Å². The average Bonchev–Trinajstić information content (AvgIpc) is 3.53. The largest absolute Gasteiger partial charge is 0.394 e. The average molecular weight is 609 g/mol. The Morgan fingerprint density at radius 2 is 1.68 bits per heavy atom. The van der Waals surface area contributed by atoms with E-state index in [1.165, 1.54) is 0 Å². The highest BCUT2D eigenvalue weighted by Gasteiger charge is 2.80. The quantitative estimate of drug-likeness (QED) is 0.320. The number of benzene rings is 1. The fourth-order valence-corrected chi connectivity index (χ4v) is 8.06. The maximum absolute atomic E-state index is 15.0. The molecule has 3 aliphatic rings. The third-order valence-electron chi connectivity index (χ3n) is 10.7. The number of fused-ring (bicyclic) bond motifs is 1. The number of aliphatic hydroxyl groups excluding tert-OH is 1. The van der Waals surface area contributed by atoms with Crippen LogP contribution in [0.15, 0.2) is 49.6 Å². The van der Waals surface area contributed by atoms with E-state index in [1.807, 2.05) is 52.0 Å². The highest BCUT2D eigenvalue weighted by molar-refractivity contribution is 6.05. The molecular weight excluding hydrogens is 556 g/mol. The van der Waals surface area contributed by atoms with Gasteiger partial charge in [-0.3, -0.25) is 14.4 Å². The van der Waals surface area contributed by atoms with E-state index >= 15 is 4.79 Å². The molecule has 3 aliphatic heterocycles. The van der Waals surface area contributed by atoms with Crippen molar-refractivity contribution in [3.8, 4) is 0 Å². The van der Waals surface area contributed by atoms with Crippen LogP contribution in [0.3, 0.4) is 0 Å². The molecule has 4 rings (SSSR count). The molecule has 1 spiro atoms. The Bertz CT molecular complexity index is 1250. The molecule has 8 atom stereocenters. The Morgan fingerprint density at radius 1 is 1.09 bits per heavy atom. The number of hydrogen-bond acceptors (Lipinski definition) is 6. The number of anilines is 2. The molecule has 1 aromatic rings. The molecule has 0 saturated carbocycles. The molecule has 44 heavy (non-hydrogen) atoms. The molecule has 9 nitrogen and oxygen atoms in total. The van der Waals surface area contributed by atoms with Crippen LogP contribution in [0, 0.1) is 23.7 Å². The number of likely N-dealkylation sites (tertiary alicyclic amines) is 1. The van der Waals surface area contributed by atoms with E-state index in [4.69, 9.17) is 4.74 Å². The summed E-state index contributed by atoms with van der Waals surface area (Å²) in [6.45, 7) is 21.9. The van der Waals surface area contributed by atoms with Crippen molar-refractivity contribution in [1.82, 2.24) is 9.80 Å². The maximum atomic E-state index is 15.0. The Hall–Kier alpha value is -3.17. The summed E-state index contributed by atoms with van der Waals surface area (Å²) in [6, 6.07) is 6.24. The summed E-state index contributed by atoms with van der Waals surface area (Å²) in [5, 5.41) is 10.7. The van der Waals surface area contributed by atoms with Crippen LogP contribution in [-0.4, -0.2) is 95.7 Å². The second-order valence-electron chi connectivity index (χ2n) is 13.0. The van der Waals surface area contributed by atoms with Crippen LogP contribution < -0.4 is 9.80 Å². The highest BCUT2D eigenvalue weighted by atomic mass is 16.5. The number of aliphatic hydroxyl groups is 1. The zero-order valence-electron chi connectivity index (χ0n) is 27.7. The summed E-state index contributed by atoms with van der Waals surface area (Å²) >= 11 is 0. The van der Waals surface area contributed by atoms with Gasteiger partial charge >= 0.3 is 0 Å². The van der Waals surface area contributed by atoms with Crippen LogP contribution in [0.2, 0.25) is 0 Å². The van der Waals surface area contributed by atoms with Gasteiger partial charge in [0.05, 0.1) is 30.1 Å². The van der Waals surface area contributed by atoms with Gasteiger partial charge in [0.2, 0.25) is 11.8 Å². The van der Waals surface area contributed by atoms with Crippen LogP contribution in [0.1, 0.15) is 54.4 Å². The molecule has 3 unspecified atom stereocenters. The lowest BCUT2D eigenvalue weighted by molar-refractivity contribution is -0.154. The molecule has 0 aromatic heterocycles. The van der Waals surface area contributed by atoms with E-state index in [0.717, 1.165) is 18.8 Å². The molecule has 242 valence electrons. The van der Waals surface area contributed by atoms with Gasteiger partial charge in [0.1, 0.15) is 11.6 Å². The van der Waals surface area contributed by atoms with Crippen LogP contribution in [0.4, 0.5) is 11.4 Å². The topological polar surface area (TPSA) is 93.6 Å². The van der Waals surface area contributed by atoms with Gasteiger partial charge < -0.3 is 29.4 Å². The van der Waals surface area contributed by atoms with E-state index in [0.29, 0.717) is 25.1 Å². The molecular formula is C35H52N4O5.